The molecule has 140 valence electrons. The van der Waals surface area contributed by atoms with Gasteiger partial charge in [-0.3, -0.25) is 9.59 Å². The molecular formula is C21H22N2O3S. The Balaban J connectivity index is 1.84. The van der Waals surface area contributed by atoms with Crippen molar-refractivity contribution in [2.75, 3.05) is 23.4 Å². The fourth-order valence-corrected chi connectivity index (χ4v) is 3.39. The zero-order chi connectivity index (χ0) is 19.4. The van der Waals surface area contributed by atoms with Gasteiger partial charge in [-0.05, 0) is 60.5 Å². The molecule has 0 spiro atoms. The summed E-state index contributed by atoms with van der Waals surface area (Å²) in [6.07, 6.45) is 4.92. The maximum atomic E-state index is 12.9. The van der Waals surface area contributed by atoms with E-state index in [0.29, 0.717) is 30.3 Å². The van der Waals surface area contributed by atoms with E-state index in [2.05, 4.69) is 11.9 Å². The Hall–Kier alpha value is -2.86. The molecular weight excluding hydrogens is 360 g/mol. The molecule has 2 aromatic rings. The number of anilines is 2. The number of thiophene rings is 1. The highest BCUT2D eigenvalue weighted by Crippen LogP contribution is 2.38. The molecule has 0 saturated heterocycles. The number of ether oxygens (including phenoxy) is 1. The second-order valence-corrected chi connectivity index (χ2v) is 7.72. The van der Waals surface area contributed by atoms with Crippen molar-refractivity contribution in [2.45, 2.75) is 13.8 Å². The molecule has 0 saturated carbocycles. The fraction of sp³-hybridized carbons (Fsp3) is 0.238. The van der Waals surface area contributed by atoms with Gasteiger partial charge in [-0.25, -0.2) is 0 Å². The van der Waals surface area contributed by atoms with Crippen molar-refractivity contribution < 1.29 is 14.3 Å². The molecule has 0 bridgehead atoms. The fourth-order valence-electron chi connectivity index (χ4n) is 2.76. The lowest BCUT2D eigenvalue weighted by Crippen LogP contribution is -2.42. The molecule has 1 aromatic heterocycles. The second kappa shape index (κ2) is 7.80. The van der Waals surface area contributed by atoms with Crippen LogP contribution in [0.4, 0.5) is 11.4 Å². The van der Waals surface area contributed by atoms with Crippen LogP contribution in [0.15, 0.2) is 53.8 Å². The van der Waals surface area contributed by atoms with Crippen molar-refractivity contribution in [1.29, 1.82) is 0 Å². The summed E-state index contributed by atoms with van der Waals surface area (Å²) in [5.74, 6) is 0.335. The molecule has 0 unspecified atom stereocenters. The Kier molecular flexibility index (Phi) is 5.46. The number of benzene rings is 1. The molecule has 6 heteroatoms. The van der Waals surface area contributed by atoms with Crippen LogP contribution in [0.25, 0.3) is 6.08 Å². The van der Waals surface area contributed by atoms with Crippen LogP contribution in [0.1, 0.15) is 19.4 Å². The highest BCUT2D eigenvalue weighted by molar-refractivity contribution is 7.08. The Labute approximate surface area is 163 Å². The third-order valence-corrected chi connectivity index (χ3v) is 4.91. The molecule has 0 fully saturated rings. The normalized spacial score (nSPS) is 15.8. The molecule has 1 aliphatic heterocycles. The van der Waals surface area contributed by atoms with Crippen molar-refractivity contribution in [3.63, 3.8) is 0 Å². The maximum absolute atomic E-state index is 12.9. The Bertz CT molecular complexity index is 885. The van der Waals surface area contributed by atoms with E-state index in [1.807, 2.05) is 30.7 Å². The monoisotopic (exact) mass is 382 g/mol. The van der Waals surface area contributed by atoms with Gasteiger partial charge in [0.15, 0.2) is 0 Å². The Morgan fingerprint density at radius 3 is 2.93 bits per heavy atom. The zero-order valence-corrected chi connectivity index (χ0v) is 16.2. The summed E-state index contributed by atoms with van der Waals surface area (Å²) >= 11 is 1.58. The molecule has 1 aromatic carbocycles. The van der Waals surface area contributed by atoms with Crippen LogP contribution < -0.4 is 15.0 Å². The van der Waals surface area contributed by atoms with Crippen molar-refractivity contribution in [3.8, 4) is 5.75 Å². The van der Waals surface area contributed by atoms with Gasteiger partial charge in [0.25, 0.3) is 0 Å². The van der Waals surface area contributed by atoms with E-state index in [1.165, 1.54) is 6.08 Å². The highest BCUT2D eigenvalue weighted by Gasteiger charge is 2.37. The number of amides is 2. The molecule has 0 radical (unpaired) electrons. The van der Waals surface area contributed by atoms with E-state index in [9.17, 15) is 9.59 Å². The van der Waals surface area contributed by atoms with Crippen LogP contribution in [-0.4, -0.2) is 25.0 Å². The standard InChI is InChI=1S/C21H22N2O3S/c1-4-10-23-17-12-16(22-19(24)8-5-15-9-11-27-13-15)6-7-18(17)26-14-21(2,3)20(23)25/h4-9,11-13H,1,10,14H2,2-3H3,(H,22,24)/b8-5+. The number of hydrogen-bond donors (Lipinski definition) is 1. The van der Waals surface area contributed by atoms with Crippen molar-refractivity contribution in [1.82, 2.24) is 0 Å². The SMILES string of the molecule is C=CCN1C(=O)C(C)(C)COc2ccc(NC(=O)/C=C/c3ccsc3)cc21. The van der Waals surface area contributed by atoms with Crippen LogP contribution >= 0.6 is 11.3 Å². The van der Waals surface area contributed by atoms with Gasteiger partial charge in [-0.15, -0.1) is 6.58 Å². The largest absolute Gasteiger partial charge is 0.490 e. The first-order valence-electron chi connectivity index (χ1n) is 8.62. The molecule has 0 atom stereocenters. The van der Waals surface area contributed by atoms with Crippen molar-refractivity contribution in [2.24, 2.45) is 5.41 Å². The summed E-state index contributed by atoms with van der Waals surface area (Å²) in [7, 11) is 0. The first kappa shape index (κ1) is 18.9. The Morgan fingerprint density at radius 1 is 1.41 bits per heavy atom. The van der Waals surface area contributed by atoms with E-state index in [1.54, 1.807) is 46.6 Å². The van der Waals surface area contributed by atoms with Gasteiger partial charge in [0.1, 0.15) is 12.4 Å². The Morgan fingerprint density at radius 2 is 2.22 bits per heavy atom. The smallest absolute Gasteiger partial charge is 0.248 e. The quantitative estimate of drug-likeness (QED) is 0.618. The predicted octanol–water partition coefficient (Wildman–Crippen LogP) is 4.34. The number of fused-ring (bicyclic) bond motifs is 1. The van der Waals surface area contributed by atoms with Gasteiger partial charge in [-0.1, -0.05) is 6.08 Å². The van der Waals surface area contributed by atoms with Gasteiger partial charge in [-0.2, -0.15) is 11.3 Å². The van der Waals surface area contributed by atoms with Crippen LogP contribution in [0.5, 0.6) is 5.75 Å². The summed E-state index contributed by atoms with van der Waals surface area (Å²) in [4.78, 5) is 26.7. The van der Waals surface area contributed by atoms with Gasteiger partial charge in [0, 0.05) is 18.3 Å². The molecule has 0 aliphatic carbocycles. The highest BCUT2D eigenvalue weighted by atomic mass is 32.1. The van der Waals surface area contributed by atoms with Crippen LogP contribution in [0, 0.1) is 5.41 Å². The number of carbonyl (C=O) groups is 2. The lowest BCUT2D eigenvalue weighted by atomic mass is 9.93. The average molecular weight is 382 g/mol. The predicted molar refractivity (Wildman–Crippen MR) is 110 cm³/mol. The molecule has 3 rings (SSSR count). The minimum absolute atomic E-state index is 0.0398. The number of rotatable bonds is 5. The van der Waals surface area contributed by atoms with E-state index < -0.39 is 5.41 Å². The number of hydrogen-bond acceptors (Lipinski definition) is 4. The van der Waals surface area contributed by atoms with Gasteiger partial charge in [0.05, 0.1) is 11.1 Å². The zero-order valence-electron chi connectivity index (χ0n) is 15.4. The van der Waals surface area contributed by atoms with Gasteiger partial charge >= 0.3 is 0 Å². The van der Waals surface area contributed by atoms with Crippen molar-refractivity contribution in [3.05, 3.63) is 59.3 Å². The van der Waals surface area contributed by atoms with E-state index in [0.717, 1.165) is 5.56 Å². The summed E-state index contributed by atoms with van der Waals surface area (Å²) in [6, 6.07) is 7.24. The molecule has 27 heavy (non-hydrogen) atoms. The van der Waals surface area contributed by atoms with Crippen LogP contribution in [0.2, 0.25) is 0 Å². The third kappa shape index (κ3) is 4.28. The molecule has 5 nitrogen and oxygen atoms in total. The summed E-state index contributed by atoms with van der Waals surface area (Å²) in [5.41, 5.74) is 1.56. The van der Waals surface area contributed by atoms with Gasteiger partial charge in [0.2, 0.25) is 11.8 Å². The van der Waals surface area contributed by atoms with E-state index >= 15 is 0 Å². The summed E-state index contributed by atoms with van der Waals surface area (Å²) < 4.78 is 5.84. The number of nitrogens with one attached hydrogen (secondary N) is 1. The molecule has 2 heterocycles. The summed E-state index contributed by atoms with van der Waals surface area (Å²) in [6.45, 7) is 8.12. The van der Waals surface area contributed by atoms with Crippen molar-refractivity contribution >= 4 is 40.6 Å². The van der Waals surface area contributed by atoms with Crippen LogP contribution in [-0.2, 0) is 9.59 Å². The minimum atomic E-state index is -0.644. The topological polar surface area (TPSA) is 58.6 Å². The lowest BCUT2D eigenvalue weighted by Gasteiger charge is -2.27. The minimum Gasteiger partial charge on any atom is -0.490 e. The molecule has 1 aliphatic rings. The molecule has 1 N–H and O–H groups in total. The second-order valence-electron chi connectivity index (χ2n) is 6.94. The third-order valence-electron chi connectivity index (χ3n) is 4.21. The average Bonchev–Trinajstić information content (AvgIpc) is 3.13. The van der Waals surface area contributed by atoms with E-state index in [4.69, 9.17) is 4.74 Å². The first-order valence-corrected chi connectivity index (χ1v) is 9.56. The maximum Gasteiger partial charge on any atom is 0.248 e. The van der Waals surface area contributed by atoms with Crippen LogP contribution in [0.3, 0.4) is 0 Å². The summed E-state index contributed by atoms with van der Waals surface area (Å²) in [5, 5.41) is 6.75. The first-order chi connectivity index (χ1) is 12.9. The lowest BCUT2D eigenvalue weighted by molar-refractivity contribution is -0.127. The molecule has 2 amide bonds. The number of carbonyl (C=O) groups excluding carboxylic acids is 2. The van der Waals surface area contributed by atoms with E-state index in [-0.39, 0.29) is 11.8 Å². The van der Waals surface area contributed by atoms with Gasteiger partial charge < -0.3 is 15.0 Å². The number of nitrogens with zero attached hydrogens (tertiary/aromatic N) is 1.